The van der Waals surface area contributed by atoms with Gasteiger partial charge in [-0.25, -0.2) is 4.79 Å². The van der Waals surface area contributed by atoms with Crippen LogP contribution in [0.5, 0.6) is 5.75 Å². The first kappa shape index (κ1) is 18.6. The molecule has 24 heavy (non-hydrogen) atoms. The largest absolute Gasteiger partial charge is 0.494 e. The van der Waals surface area contributed by atoms with Gasteiger partial charge >= 0.3 is 6.03 Å². The summed E-state index contributed by atoms with van der Waals surface area (Å²) in [5.41, 5.74) is 1.06. The van der Waals surface area contributed by atoms with E-state index in [-0.39, 0.29) is 12.1 Å². The van der Waals surface area contributed by atoms with Crippen molar-refractivity contribution in [1.29, 1.82) is 0 Å². The number of carbonyl (C=O) groups excluding carboxylic acids is 1. The summed E-state index contributed by atoms with van der Waals surface area (Å²) in [6.45, 7) is 7.69. The minimum Gasteiger partial charge on any atom is -0.494 e. The monoisotopic (exact) mass is 333 g/mol. The van der Waals surface area contributed by atoms with Gasteiger partial charge in [-0.05, 0) is 70.4 Å². The Hall–Kier alpha value is -1.75. The summed E-state index contributed by atoms with van der Waals surface area (Å²) < 4.78 is 5.53. The standard InChI is InChI=1S/C19H31N3O2/c1-5-24-18-8-6-7-17(13-18)15(2)20-19(23)22(4)14-16-9-11-21(3)12-10-16/h6-8,13,15-16H,5,9-12,14H2,1-4H3,(H,20,23). The number of hydrogen-bond donors (Lipinski definition) is 1. The fourth-order valence-corrected chi connectivity index (χ4v) is 3.13. The molecule has 1 aromatic carbocycles. The topological polar surface area (TPSA) is 44.8 Å². The van der Waals surface area contributed by atoms with Gasteiger partial charge in [0.05, 0.1) is 12.6 Å². The van der Waals surface area contributed by atoms with Crippen LogP contribution < -0.4 is 10.1 Å². The highest BCUT2D eigenvalue weighted by molar-refractivity contribution is 5.74. The molecule has 1 aliphatic rings. The third-order valence-corrected chi connectivity index (χ3v) is 4.73. The summed E-state index contributed by atoms with van der Waals surface area (Å²) in [7, 11) is 4.04. The van der Waals surface area contributed by atoms with Crippen LogP contribution in [0.4, 0.5) is 4.79 Å². The molecule has 1 atom stereocenters. The van der Waals surface area contributed by atoms with E-state index in [1.54, 1.807) is 0 Å². The summed E-state index contributed by atoms with van der Waals surface area (Å²) in [5, 5.41) is 3.08. The number of piperidine rings is 1. The molecular weight excluding hydrogens is 302 g/mol. The molecule has 1 N–H and O–H groups in total. The minimum absolute atomic E-state index is 0.0109. The second kappa shape index (κ2) is 8.92. The van der Waals surface area contributed by atoms with Gasteiger partial charge in [0.15, 0.2) is 0 Å². The lowest BCUT2D eigenvalue weighted by Gasteiger charge is -2.32. The van der Waals surface area contributed by atoms with Gasteiger partial charge in [-0.3, -0.25) is 0 Å². The van der Waals surface area contributed by atoms with E-state index < -0.39 is 0 Å². The van der Waals surface area contributed by atoms with Crippen LogP contribution in [0.3, 0.4) is 0 Å². The number of benzene rings is 1. The van der Waals surface area contributed by atoms with Gasteiger partial charge in [0.25, 0.3) is 0 Å². The maximum Gasteiger partial charge on any atom is 0.317 e. The molecule has 2 amide bonds. The van der Waals surface area contributed by atoms with Crippen LogP contribution in [0.1, 0.15) is 38.3 Å². The van der Waals surface area contributed by atoms with Crippen molar-refractivity contribution in [2.75, 3.05) is 40.3 Å². The van der Waals surface area contributed by atoms with Gasteiger partial charge < -0.3 is 19.9 Å². The molecule has 0 radical (unpaired) electrons. The highest BCUT2D eigenvalue weighted by Gasteiger charge is 2.21. The molecule has 134 valence electrons. The third kappa shape index (κ3) is 5.41. The number of urea groups is 1. The normalized spacial score (nSPS) is 17.3. The van der Waals surface area contributed by atoms with Gasteiger partial charge in [-0.15, -0.1) is 0 Å². The van der Waals surface area contributed by atoms with Crippen LogP contribution in [0.25, 0.3) is 0 Å². The van der Waals surface area contributed by atoms with E-state index in [0.717, 1.165) is 30.9 Å². The molecule has 0 saturated carbocycles. The molecule has 5 nitrogen and oxygen atoms in total. The Morgan fingerprint density at radius 1 is 1.42 bits per heavy atom. The van der Waals surface area contributed by atoms with Crippen molar-refractivity contribution < 1.29 is 9.53 Å². The number of hydrogen-bond acceptors (Lipinski definition) is 3. The highest BCUT2D eigenvalue weighted by Crippen LogP contribution is 2.20. The van der Waals surface area contributed by atoms with Gasteiger partial charge in [0.1, 0.15) is 5.75 Å². The summed E-state index contributed by atoms with van der Waals surface area (Å²) >= 11 is 0. The van der Waals surface area contributed by atoms with Crippen molar-refractivity contribution in [2.24, 2.45) is 5.92 Å². The molecule has 0 bridgehead atoms. The van der Waals surface area contributed by atoms with Crippen LogP contribution in [-0.2, 0) is 0 Å². The van der Waals surface area contributed by atoms with Gasteiger partial charge in [0.2, 0.25) is 0 Å². The average molecular weight is 333 g/mol. The molecule has 1 fully saturated rings. The highest BCUT2D eigenvalue weighted by atomic mass is 16.5. The molecule has 2 rings (SSSR count). The second-order valence-corrected chi connectivity index (χ2v) is 6.80. The third-order valence-electron chi connectivity index (χ3n) is 4.73. The lowest BCUT2D eigenvalue weighted by atomic mass is 9.97. The number of likely N-dealkylation sites (tertiary alicyclic amines) is 1. The summed E-state index contributed by atoms with van der Waals surface area (Å²) in [4.78, 5) is 16.6. The smallest absolute Gasteiger partial charge is 0.317 e. The van der Waals surface area contributed by atoms with E-state index in [1.807, 2.05) is 50.1 Å². The molecule has 1 aromatic rings. The summed E-state index contributed by atoms with van der Waals surface area (Å²) in [5.74, 6) is 1.45. The first-order chi connectivity index (χ1) is 11.5. The molecule has 1 aliphatic heterocycles. The van der Waals surface area contributed by atoms with E-state index in [2.05, 4.69) is 17.3 Å². The zero-order valence-electron chi connectivity index (χ0n) is 15.4. The van der Waals surface area contributed by atoms with Crippen LogP contribution >= 0.6 is 0 Å². The molecule has 1 unspecified atom stereocenters. The second-order valence-electron chi connectivity index (χ2n) is 6.80. The molecule has 0 aromatic heterocycles. The predicted molar refractivity (Wildman–Crippen MR) is 97.4 cm³/mol. The number of ether oxygens (including phenoxy) is 1. The Labute approximate surface area is 146 Å². The van der Waals surface area contributed by atoms with E-state index in [4.69, 9.17) is 4.74 Å². The Bertz CT molecular complexity index is 527. The zero-order valence-corrected chi connectivity index (χ0v) is 15.4. The number of nitrogens with zero attached hydrogens (tertiary/aromatic N) is 2. The fraction of sp³-hybridized carbons (Fsp3) is 0.632. The Kier molecular flexibility index (Phi) is 6.91. The van der Waals surface area contributed by atoms with Crippen molar-refractivity contribution in [3.8, 4) is 5.75 Å². The lowest BCUT2D eigenvalue weighted by Crippen LogP contribution is -2.43. The van der Waals surface area contributed by atoms with E-state index >= 15 is 0 Å². The maximum atomic E-state index is 12.4. The first-order valence-electron chi connectivity index (χ1n) is 8.92. The van der Waals surface area contributed by atoms with E-state index in [0.29, 0.717) is 12.5 Å². The number of amides is 2. The summed E-state index contributed by atoms with van der Waals surface area (Å²) in [6, 6.07) is 7.86. The minimum atomic E-state index is -0.0437. The molecule has 1 saturated heterocycles. The van der Waals surface area contributed by atoms with Crippen molar-refractivity contribution in [3.05, 3.63) is 29.8 Å². The quantitative estimate of drug-likeness (QED) is 0.870. The number of carbonyl (C=O) groups is 1. The fourth-order valence-electron chi connectivity index (χ4n) is 3.13. The molecule has 0 spiro atoms. The average Bonchev–Trinajstić information content (AvgIpc) is 2.57. The summed E-state index contributed by atoms with van der Waals surface area (Å²) in [6.07, 6.45) is 2.33. The van der Waals surface area contributed by atoms with Crippen LogP contribution in [0.2, 0.25) is 0 Å². The molecule has 0 aliphatic carbocycles. The Balaban J connectivity index is 1.85. The van der Waals surface area contributed by atoms with Gasteiger partial charge in [0, 0.05) is 13.6 Å². The van der Waals surface area contributed by atoms with Crippen molar-refractivity contribution >= 4 is 6.03 Å². The van der Waals surface area contributed by atoms with Crippen LogP contribution in [0.15, 0.2) is 24.3 Å². The van der Waals surface area contributed by atoms with Crippen molar-refractivity contribution in [1.82, 2.24) is 15.1 Å². The Morgan fingerprint density at radius 3 is 2.79 bits per heavy atom. The zero-order chi connectivity index (χ0) is 17.5. The van der Waals surface area contributed by atoms with Crippen LogP contribution in [-0.4, -0.2) is 56.2 Å². The predicted octanol–water partition coefficient (Wildman–Crippen LogP) is 3.13. The lowest BCUT2D eigenvalue weighted by molar-refractivity contribution is 0.168. The van der Waals surface area contributed by atoms with E-state index in [9.17, 15) is 4.79 Å². The van der Waals surface area contributed by atoms with Crippen LogP contribution in [0, 0.1) is 5.92 Å². The van der Waals surface area contributed by atoms with Gasteiger partial charge in [-0.1, -0.05) is 12.1 Å². The first-order valence-corrected chi connectivity index (χ1v) is 8.92. The maximum absolute atomic E-state index is 12.4. The Morgan fingerprint density at radius 2 is 2.12 bits per heavy atom. The van der Waals surface area contributed by atoms with Crippen molar-refractivity contribution in [2.45, 2.75) is 32.7 Å². The molecule has 1 heterocycles. The molecule has 5 heteroatoms. The van der Waals surface area contributed by atoms with Crippen molar-refractivity contribution in [3.63, 3.8) is 0 Å². The SMILES string of the molecule is CCOc1cccc(C(C)NC(=O)N(C)CC2CCN(C)CC2)c1. The van der Waals surface area contributed by atoms with E-state index in [1.165, 1.54) is 12.8 Å². The molecular formula is C19H31N3O2. The number of nitrogens with one attached hydrogen (secondary N) is 1. The number of rotatable bonds is 6. The van der Waals surface area contributed by atoms with Gasteiger partial charge in [-0.2, -0.15) is 0 Å².